The van der Waals surface area contributed by atoms with Gasteiger partial charge >= 0.3 is 0 Å². The first-order valence-electron chi connectivity index (χ1n) is 8.76. The summed E-state index contributed by atoms with van der Waals surface area (Å²) in [7, 11) is 0. The number of primary amides is 1. The summed E-state index contributed by atoms with van der Waals surface area (Å²) in [5.41, 5.74) is 7.41. The maximum atomic E-state index is 12.8. The van der Waals surface area contributed by atoms with Crippen molar-refractivity contribution in [2.45, 2.75) is 18.9 Å². The average molecular weight is 365 g/mol. The molecule has 1 aromatic carbocycles. The van der Waals surface area contributed by atoms with Gasteiger partial charge in [0, 0.05) is 18.7 Å². The van der Waals surface area contributed by atoms with Gasteiger partial charge in [0.2, 0.25) is 0 Å². The molecule has 3 aromatic rings. The molecule has 2 aromatic heterocycles. The number of nitrogens with one attached hydrogen (secondary N) is 1. The quantitative estimate of drug-likeness (QED) is 0.710. The van der Waals surface area contributed by atoms with Gasteiger partial charge in [-0.05, 0) is 18.9 Å². The summed E-state index contributed by atoms with van der Waals surface area (Å²) >= 11 is 0. The molecule has 27 heavy (non-hydrogen) atoms. The van der Waals surface area contributed by atoms with Crippen LogP contribution < -0.4 is 11.1 Å². The number of amides is 2. The zero-order valence-electron chi connectivity index (χ0n) is 14.6. The standard InChI is InChI=1S/C19H19N5O3/c20-17(25)16-18-23-14(12-5-2-1-3-6-12)9-15(24(18)11-22-16)19(26)21-10-13-7-4-8-27-13/h1-3,5-6,9,11,13H,4,7-8,10H2,(H2,20,25)(H,21,26)/t13-/m0/s1. The fraction of sp³-hybridized carbons (Fsp3) is 0.263. The Hall–Kier alpha value is -3.26. The Bertz CT molecular complexity index is 993. The third kappa shape index (κ3) is 3.39. The van der Waals surface area contributed by atoms with E-state index in [9.17, 15) is 9.59 Å². The van der Waals surface area contributed by atoms with Crippen LogP contribution in [0.15, 0.2) is 42.7 Å². The Kier molecular flexibility index (Phi) is 4.55. The summed E-state index contributed by atoms with van der Waals surface area (Å²) in [4.78, 5) is 33.0. The van der Waals surface area contributed by atoms with E-state index in [4.69, 9.17) is 10.5 Å². The number of nitrogens with zero attached hydrogens (tertiary/aromatic N) is 3. The molecular weight excluding hydrogens is 346 g/mol. The molecule has 1 fully saturated rings. The summed E-state index contributed by atoms with van der Waals surface area (Å²) in [5, 5.41) is 2.89. The lowest BCUT2D eigenvalue weighted by molar-refractivity contribution is 0.0852. The molecule has 0 radical (unpaired) electrons. The number of nitrogens with two attached hydrogens (primary N) is 1. The summed E-state index contributed by atoms with van der Waals surface area (Å²) < 4.78 is 7.03. The predicted molar refractivity (Wildman–Crippen MR) is 98.2 cm³/mol. The second-order valence-electron chi connectivity index (χ2n) is 6.39. The number of aromatic nitrogens is 3. The molecule has 2 amide bonds. The molecule has 4 rings (SSSR count). The SMILES string of the molecule is NC(=O)c1ncn2c(C(=O)NC[C@@H]3CCCO3)cc(-c3ccccc3)nc12. The van der Waals surface area contributed by atoms with E-state index in [1.54, 1.807) is 6.07 Å². The summed E-state index contributed by atoms with van der Waals surface area (Å²) in [5.74, 6) is -0.982. The number of hydrogen-bond acceptors (Lipinski definition) is 5. The number of rotatable bonds is 5. The van der Waals surface area contributed by atoms with Gasteiger partial charge in [0.1, 0.15) is 12.0 Å². The molecule has 1 saturated heterocycles. The van der Waals surface area contributed by atoms with Gasteiger partial charge in [0.05, 0.1) is 11.8 Å². The van der Waals surface area contributed by atoms with Gasteiger partial charge in [-0.25, -0.2) is 9.97 Å². The van der Waals surface area contributed by atoms with Crippen molar-refractivity contribution in [1.82, 2.24) is 19.7 Å². The summed E-state index contributed by atoms with van der Waals surface area (Å²) in [6, 6.07) is 11.1. The molecule has 1 aliphatic heterocycles. The van der Waals surface area contributed by atoms with Gasteiger partial charge < -0.3 is 15.8 Å². The van der Waals surface area contributed by atoms with Crippen LogP contribution in [0.2, 0.25) is 0 Å². The average Bonchev–Trinajstić information content (AvgIpc) is 3.35. The third-order valence-electron chi connectivity index (χ3n) is 4.55. The van der Waals surface area contributed by atoms with Crippen molar-refractivity contribution in [1.29, 1.82) is 0 Å². The largest absolute Gasteiger partial charge is 0.376 e. The van der Waals surface area contributed by atoms with E-state index >= 15 is 0 Å². The van der Waals surface area contributed by atoms with Crippen LogP contribution in [0, 0.1) is 0 Å². The Morgan fingerprint density at radius 3 is 2.81 bits per heavy atom. The molecule has 1 aliphatic rings. The molecule has 0 spiro atoms. The molecule has 0 unspecified atom stereocenters. The fourth-order valence-corrected chi connectivity index (χ4v) is 3.18. The lowest BCUT2D eigenvalue weighted by atomic mass is 10.1. The monoisotopic (exact) mass is 365 g/mol. The molecule has 0 bridgehead atoms. The Balaban J connectivity index is 1.75. The van der Waals surface area contributed by atoms with E-state index in [2.05, 4.69) is 15.3 Å². The van der Waals surface area contributed by atoms with E-state index in [1.807, 2.05) is 30.3 Å². The van der Waals surface area contributed by atoms with E-state index < -0.39 is 5.91 Å². The van der Waals surface area contributed by atoms with Crippen molar-refractivity contribution >= 4 is 17.5 Å². The van der Waals surface area contributed by atoms with E-state index in [1.165, 1.54) is 10.7 Å². The van der Waals surface area contributed by atoms with E-state index in [0.717, 1.165) is 25.0 Å². The van der Waals surface area contributed by atoms with Crippen molar-refractivity contribution in [3.05, 3.63) is 54.1 Å². The lowest BCUT2D eigenvalue weighted by Gasteiger charge is -2.13. The number of hydrogen-bond donors (Lipinski definition) is 2. The number of benzene rings is 1. The van der Waals surface area contributed by atoms with Crippen LogP contribution in [-0.4, -0.2) is 45.4 Å². The summed E-state index contributed by atoms with van der Waals surface area (Å²) in [6.07, 6.45) is 3.35. The van der Waals surface area contributed by atoms with Crippen LogP contribution in [0.1, 0.15) is 33.8 Å². The van der Waals surface area contributed by atoms with Crippen molar-refractivity contribution in [2.24, 2.45) is 5.73 Å². The van der Waals surface area contributed by atoms with Gasteiger partial charge in [-0.3, -0.25) is 14.0 Å². The van der Waals surface area contributed by atoms with Crippen molar-refractivity contribution in [2.75, 3.05) is 13.2 Å². The zero-order valence-corrected chi connectivity index (χ0v) is 14.6. The van der Waals surface area contributed by atoms with Gasteiger partial charge in [-0.15, -0.1) is 0 Å². The minimum atomic E-state index is -0.694. The minimum Gasteiger partial charge on any atom is -0.376 e. The highest BCUT2D eigenvalue weighted by Gasteiger charge is 2.21. The first-order valence-corrected chi connectivity index (χ1v) is 8.76. The van der Waals surface area contributed by atoms with Crippen molar-refractivity contribution < 1.29 is 14.3 Å². The van der Waals surface area contributed by atoms with Gasteiger partial charge in [-0.1, -0.05) is 30.3 Å². The molecule has 8 heteroatoms. The van der Waals surface area contributed by atoms with Gasteiger partial charge in [0.25, 0.3) is 11.8 Å². The van der Waals surface area contributed by atoms with Gasteiger partial charge in [0.15, 0.2) is 11.3 Å². The van der Waals surface area contributed by atoms with Crippen molar-refractivity contribution in [3.63, 3.8) is 0 Å². The van der Waals surface area contributed by atoms with E-state index in [0.29, 0.717) is 17.9 Å². The van der Waals surface area contributed by atoms with Crippen LogP contribution in [0.3, 0.4) is 0 Å². The molecule has 3 N–H and O–H groups in total. The molecular formula is C19H19N5O3. The Morgan fingerprint density at radius 2 is 2.11 bits per heavy atom. The topological polar surface area (TPSA) is 112 Å². The van der Waals surface area contributed by atoms with Crippen molar-refractivity contribution in [3.8, 4) is 11.3 Å². The van der Waals surface area contributed by atoms with Gasteiger partial charge in [-0.2, -0.15) is 0 Å². The fourth-order valence-electron chi connectivity index (χ4n) is 3.18. The smallest absolute Gasteiger partial charge is 0.271 e. The maximum Gasteiger partial charge on any atom is 0.271 e. The minimum absolute atomic E-state index is 0.0287. The molecule has 0 aliphatic carbocycles. The molecule has 1 atom stereocenters. The second-order valence-corrected chi connectivity index (χ2v) is 6.39. The molecule has 3 heterocycles. The third-order valence-corrected chi connectivity index (χ3v) is 4.55. The molecule has 8 nitrogen and oxygen atoms in total. The second kappa shape index (κ2) is 7.16. The predicted octanol–water partition coefficient (Wildman–Crippen LogP) is 1.40. The number of carbonyl (C=O) groups excluding carboxylic acids is 2. The highest BCUT2D eigenvalue weighted by molar-refractivity contribution is 5.99. The first-order chi connectivity index (χ1) is 13.1. The first kappa shape index (κ1) is 17.2. The van der Waals surface area contributed by atoms with Crippen LogP contribution in [0.5, 0.6) is 0 Å². The highest BCUT2D eigenvalue weighted by atomic mass is 16.5. The Labute approximate surface area is 155 Å². The van der Waals surface area contributed by atoms with Crippen LogP contribution in [0.4, 0.5) is 0 Å². The van der Waals surface area contributed by atoms with E-state index in [-0.39, 0.29) is 23.4 Å². The number of imidazole rings is 1. The zero-order chi connectivity index (χ0) is 18.8. The molecule has 138 valence electrons. The number of ether oxygens (including phenoxy) is 1. The highest BCUT2D eigenvalue weighted by Crippen LogP contribution is 2.21. The van der Waals surface area contributed by atoms with Crippen LogP contribution in [-0.2, 0) is 4.74 Å². The lowest BCUT2D eigenvalue weighted by Crippen LogP contribution is -2.33. The number of fused-ring (bicyclic) bond motifs is 1. The normalized spacial score (nSPS) is 16.5. The molecule has 0 saturated carbocycles. The Morgan fingerprint density at radius 1 is 1.30 bits per heavy atom. The number of carbonyl (C=O) groups is 2. The maximum absolute atomic E-state index is 12.8. The van der Waals surface area contributed by atoms with Crippen LogP contribution in [0.25, 0.3) is 16.9 Å². The summed E-state index contributed by atoms with van der Waals surface area (Å²) in [6.45, 7) is 1.16. The van der Waals surface area contributed by atoms with Crippen LogP contribution >= 0.6 is 0 Å².